The summed E-state index contributed by atoms with van der Waals surface area (Å²) in [6.07, 6.45) is 0. The summed E-state index contributed by atoms with van der Waals surface area (Å²) in [5, 5.41) is 38.3. The van der Waals surface area contributed by atoms with Crippen molar-refractivity contribution in [2.45, 2.75) is 12.1 Å². The maximum absolute atomic E-state index is 10.9. The Hall–Kier alpha value is -4.25. The average molecular weight is 462 g/mol. The number of phenolic OH excluding ortho intramolecular Hbond substituents is 1. The first-order valence-electron chi connectivity index (χ1n) is 9.85. The summed E-state index contributed by atoms with van der Waals surface area (Å²) in [4.78, 5) is 10.4. The van der Waals surface area contributed by atoms with Crippen LogP contribution in [0.15, 0.2) is 83.1 Å². The van der Waals surface area contributed by atoms with Crippen molar-refractivity contribution >= 4 is 28.8 Å². The van der Waals surface area contributed by atoms with Crippen molar-refractivity contribution < 1.29 is 10.0 Å². The molecule has 0 aliphatic heterocycles. The molecule has 0 saturated carbocycles. The smallest absolute Gasteiger partial charge is 0.269 e. The Morgan fingerprint density at radius 3 is 2.64 bits per heavy atom. The van der Waals surface area contributed by atoms with Gasteiger partial charge < -0.3 is 5.11 Å². The van der Waals surface area contributed by atoms with Gasteiger partial charge in [-0.3, -0.25) is 15.5 Å². The van der Waals surface area contributed by atoms with Crippen LogP contribution in [0.1, 0.15) is 11.1 Å². The molecule has 1 aromatic heterocycles. The molecule has 4 aromatic rings. The molecular formula is C22H19N7O3S. The van der Waals surface area contributed by atoms with Crippen LogP contribution in [0.5, 0.6) is 5.75 Å². The summed E-state index contributed by atoms with van der Waals surface area (Å²) in [5.41, 5.74) is 6.39. The number of aromatic nitrogens is 4. The normalized spacial score (nSPS) is 11.4. The van der Waals surface area contributed by atoms with Crippen molar-refractivity contribution in [2.24, 2.45) is 5.10 Å². The lowest BCUT2D eigenvalue weighted by atomic mass is 10.1. The van der Waals surface area contributed by atoms with E-state index < -0.39 is 4.92 Å². The van der Waals surface area contributed by atoms with Gasteiger partial charge in [-0.15, -0.1) is 5.10 Å². The molecule has 2 N–H and O–H groups in total. The van der Waals surface area contributed by atoms with Gasteiger partial charge in [0, 0.05) is 23.4 Å². The SMILES string of the molecule is Cc1ccc(O)c(C(CSc2nnnn2-c2ccccc2)=NNc2ccc([N+](=O)[O-])cc2)c1. The topological polar surface area (TPSA) is 131 Å². The van der Waals surface area contributed by atoms with E-state index >= 15 is 0 Å². The Kier molecular flexibility index (Phi) is 6.60. The second-order valence-electron chi connectivity index (χ2n) is 6.99. The number of thioether (sulfide) groups is 1. The zero-order chi connectivity index (χ0) is 23.2. The van der Waals surface area contributed by atoms with Gasteiger partial charge >= 0.3 is 0 Å². The van der Waals surface area contributed by atoms with Crippen molar-refractivity contribution in [2.75, 3.05) is 11.2 Å². The number of hydrogen-bond donors (Lipinski definition) is 2. The average Bonchev–Trinajstić information content (AvgIpc) is 3.30. The van der Waals surface area contributed by atoms with Gasteiger partial charge in [-0.2, -0.15) is 9.78 Å². The summed E-state index contributed by atoms with van der Waals surface area (Å²) in [6.45, 7) is 1.92. The van der Waals surface area contributed by atoms with E-state index in [9.17, 15) is 15.2 Å². The van der Waals surface area contributed by atoms with Crippen LogP contribution in [0.4, 0.5) is 11.4 Å². The van der Waals surface area contributed by atoms with Gasteiger partial charge in [-0.05, 0) is 53.7 Å². The number of anilines is 1. The van der Waals surface area contributed by atoms with Crippen LogP contribution in [0.2, 0.25) is 0 Å². The van der Waals surface area contributed by atoms with E-state index in [2.05, 4.69) is 26.1 Å². The second-order valence-corrected chi connectivity index (χ2v) is 7.93. The number of nitrogens with zero attached hydrogens (tertiary/aromatic N) is 6. The number of nitro groups is 1. The number of aromatic hydroxyl groups is 1. The van der Waals surface area contributed by atoms with Crippen molar-refractivity contribution in [3.8, 4) is 11.4 Å². The first-order chi connectivity index (χ1) is 16.0. The zero-order valence-corrected chi connectivity index (χ0v) is 18.3. The molecule has 0 aliphatic carbocycles. The lowest BCUT2D eigenvalue weighted by molar-refractivity contribution is -0.384. The van der Waals surface area contributed by atoms with Crippen LogP contribution in [0, 0.1) is 17.0 Å². The number of hydrazone groups is 1. The Labute approximate surface area is 193 Å². The number of hydrogen-bond acceptors (Lipinski definition) is 9. The number of non-ortho nitro benzene ring substituents is 1. The van der Waals surface area contributed by atoms with Crippen LogP contribution >= 0.6 is 11.8 Å². The number of nitro benzene ring substituents is 1. The van der Waals surface area contributed by atoms with Crippen LogP contribution < -0.4 is 5.43 Å². The molecule has 1 heterocycles. The summed E-state index contributed by atoms with van der Waals surface area (Å²) in [7, 11) is 0. The highest BCUT2D eigenvalue weighted by Gasteiger charge is 2.15. The van der Waals surface area contributed by atoms with Crippen LogP contribution in [-0.2, 0) is 0 Å². The van der Waals surface area contributed by atoms with Crippen molar-refractivity contribution in [3.63, 3.8) is 0 Å². The lowest BCUT2D eigenvalue weighted by Gasteiger charge is -2.11. The van der Waals surface area contributed by atoms with Gasteiger partial charge in [-0.1, -0.05) is 41.6 Å². The molecule has 0 aliphatic rings. The standard InChI is InChI=1S/C22H19N7O3S/c1-15-7-12-21(30)19(13-15)20(24-23-16-8-10-18(11-9-16)29(31)32)14-33-22-25-26-27-28(22)17-5-3-2-4-6-17/h2-13,23,30H,14H2,1H3. The molecule has 3 aromatic carbocycles. The highest BCUT2D eigenvalue weighted by Crippen LogP contribution is 2.25. The molecule has 166 valence electrons. The molecule has 0 saturated heterocycles. The number of rotatable bonds is 8. The van der Waals surface area contributed by atoms with Crippen molar-refractivity contribution in [1.82, 2.24) is 20.2 Å². The number of para-hydroxylation sites is 1. The predicted octanol–water partition coefficient (Wildman–Crippen LogP) is 4.19. The number of aryl methyl sites for hydroxylation is 1. The minimum atomic E-state index is -0.461. The fourth-order valence-corrected chi connectivity index (χ4v) is 3.82. The maximum atomic E-state index is 10.9. The van der Waals surface area contributed by atoms with Gasteiger partial charge in [0.2, 0.25) is 5.16 Å². The minimum Gasteiger partial charge on any atom is -0.507 e. The molecule has 0 fully saturated rings. The molecule has 10 nitrogen and oxygen atoms in total. The Balaban J connectivity index is 1.60. The predicted molar refractivity (Wildman–Crippen MR) is 126 cm³/mol. The number of nitrogens with one attached hydrogen (secondary N) is 1. The largest absolute Gasteiger partial charge is 0.507 e. The van der Waals surface area contributed by atoms with E-state index in [-0.39, 0.29) is 11.4 Å². The molecule has 0 radical (unpaired) electrons. The van der Waals surface area contributed by atoms with Gasteiger partial charge in [0.25, 0.3) is 5.69 Å². The summed E-state index contributed by atoms with van der Waals surface area (Å²) in [6, 6.07) is 20.7. The molecular weight excluding hydrogens is 442 g/mol. The first-order valence-corrected chi connectivity index (χ1v) is 10.8. The molecule has 0 spiro atoms. The quantitative estimate of drug-likeness (QED) is 0.173. The summed E-state index contributed by atoms with van der Waals surface area (Å²) < 4.78 is 1.63. The van der Waals surface area contributed by atoms with Crippen LogP contribution in [0.25, 0.3) is 5.69 Å². The number of tetrazole rings is 1. The van der Waals surface area contributed by atoms with E-state index in [4.69, 9.17) is 0 Å². The molecule has 0 amide bonds. The highest BCUT2D eigenvalue weighted by molar-refractivity contribution is 7.99. The van der Waals surface area contributed by atoms with Crippen molar-refractivity contribution in [1.29, 1.82) is 0 Å². The molecule has 0 atom stereocenters. The number of phenols is 1. The van der Waals surface area contributed by atoms with E-state index in [0.29, 0.717) is 27.9 Å². The van der Waals surface area contributed by atoms with Gasteiger partial charge in [0.05, 0.1) is 22.0 Å². The van der Waals surface area contributed by atoms with Crippen LogP contribution in [-0.4, -0.2) is 41.7 Å². The molecule has 33 heavy (non-hydrogen) atoms. The van der Waals surface area contributed by atoms with E-state index in [0.717, 1.165) is 11.3 Å². The van der Waals surface area contributed by atoms with Gasteiger partial charge in [0.15, 0.2) is 0 Å². The Morgan fingerprint density at radius 2 is 1.91 bits per heavy atom. The van der Waals surface area contributed by atoms with Gasteiger partial charge in [0.1, 0.15) is 5.75 Å². The van der Waals surface area contributed by atoms with Gasteiger partial charge in [-0.25, -0.2) is 0 Å². The maximum Gasteiger partial charge on any atom is 0.269 e. The third-order valence-electron chi connectivity index (χ3n) is 4.64. The zero-order valence-electron chi connectivity index (χ0n) is 17.5. The highest BCUT2D eigenvalue weighted by atomic mass is 32.2. The number of benzene rings is 3. The summed E-state index contributed by atoms with van der Waals surface area (Å²) in [5.74, 6) is 0.442. The minimum absolute atomic E-state index is 0.00983. The lowest BCUT2D eigenvalue weighted by Crippen LogP contribution is -2.10. The third kappa shape index (κ3) is 5.33. The van der Waals surface area contributed by atoms with E-state index in [1.165, 1.54) is 23.9 Å². The Morgan fingerprint density at radius 1 is 1.15 bits per heavy atom. The fraction of sp³-hybridized carbons (Fsp3) is 0.0909. The Bertz CT molecular complexity index is 1290. The molecule has 0 bridgehead atoms. The first kappa shape index (κ1) is 22.0. The van der Waals surface area contributed by atoms with E-state index in [1.807, 2.05) is 49.4 Å². The summed E-state index contributed by atoms with van der Waals surface area (Å²) >= 11 is 1.36. The second kappa shape index (κ2) is 9.92. The molecule has 0 unspecified atom stereocenters. The monoisotopic (exact) mass is 461 g/mol. The van der Waals surface area contributed by atoms with Crippen LogP contribution in [0.3, 0.4) is 0 Å². The third-order valence-corrected chi connectivity index (χ3v) is 5.57. The van der Waals surface area contributed by atoms with Crippen molar-refractivity contribution in [3.05, 3.63) is 94.0 Å². The fourth-order valence-electron chi connectivity index (χ4n) is 2.97. The molecule has 11 heteroatoms. The van der Waals surface area contributed by atoms with E-state index in [1.54, 1.807) is 22.9 Å². The molecule has 4 rings (SSSR count).